The first-order valence-corrected chi connectivity index (χ1v) is 11.3. The molecule has 13 heteroatoms. The van der Waals surface area contributed by atoms with Gasteiger partial charge in [-0.2, -0.15) is 4.31 Å². The molecule has 1 fully saturated rings. The fourth-order valence-electron chi connectivity index (χ4n) is 3.32. The van der Waals surface area contributed by atoms with Crippen LogP contribution in [0.1, 0.15) is 10.5 Å². The van der Waals surface area contributed by atoms with Gasteiger partial charge in [-0.15, -0.1) is 5.10 Å². The largest absolute Gasteiger partial charge is 0.335 e. The number of para-hydroxylation sites is 1. The number of halogens is 1. The Morgan fingerprint density at radius 1 is 1.06 bits per heavy atom. The van der Waals surface area contributed by atoms with Gasteiger partial charge in [0.1, 0.15) is 0 Å². The number of carbonyl (C=O) groups is 1. The second-order valence-corrected chi connectivity index (χ2v) is 9.30. The van der Waals surface area contributed by atoms with Gasteiger partial charge in [0.15, 0.2) is 5.69 Å². The number of benzene rings is 2. The molecule has 0 unspecified atom stereocenters. The fourth-order valence-corrected chi connectivity index (χ4v) is 5.00. The lowest BCUT2D eigenvalue weighted by Crippen LogP contribution is -2.50. The number of sulfonamides is 1. The van der Waals surface area contributed by atoms with Crippen molar-refractivity contribution in [2.45, 2.75) is 4.90 Å². The third-order valence-electron chi connectivity index (χ3n) is 5.00. The molecular formula is C19H17ClN6O5S. The summed E-state index contributed by atoms with van der Waals surface area (Å²) in [5.74, 6) is -0.379. The Morgan fingerprint density at radius 2 is 1.78 bits per heavy atom. The number of nitro benzene ring substituents is 1. The lowest BCUT2D eigenvalue weighted by Gasteiger charge is -2.33. The van der Waals surface area contributed by atoms with Crippen molar-refractivity contribution in [1.82, 2.24) is 24.2 Å². The van der Waals surface area contributed by atoms with Crippen LogP contribution in [-0.4, -0.2) is 69.6 Å². The van der Waals surface area contributed by atoms with Gasteiger partial charge in [0.25, 0.3) is 11.6 Å². The minimum absolute atomic E-state index is 0.0510. The van der Waals surface area contributed by atoms with Crippen molar-refractivity contribution in [1.29, 1.82) is 0 Å². The maximum absolute atomic E-state index is 12.9. The van der Waals surface area contributed by atoms with E-state index in [9.17, 15) is 23.3 Å². The van der Waals surface area contributed by atoms with E-state index in [0.29, 0.717) is 10.7 Å². The van der Waals surface area contributed by atoms with E-state index in [-0.39, 0.29) is 48.4 Å². The summed E-state index contributed by atoms with van der Waals surface area (Å²) >= 11 is 6.15. The molecule has 166 valence electrons. The summed E-state index contributed by atoms with van der Waals surface area (Å²) in [6.45, 7) is 0.392. The lowest BCUT2D eigenvalue weighted by molar-refractivity contribution is -0.385. The molecule has 32 heavy (non-hydrogen) atoms. The van der Waals surface area contributed by atoms with Gasteiger partial charge in [-0.1, -0.05) is 35.0 Å². The van der Waals surface area contributed by atoms with Crippen molar-refractivity contribution in [3.05, 3.63) is 75.6 Å². The van der Waals surface area contributed by atoms with E-state index < -0.39 is 14.9 Å². The van der Waals surface area contributed by atoms with E-state index in [4.69, 9.17) is 11.6 Å². The summed E-state index contributed by atoms with van der Waals surface area (Å²) in [4.78, 5) is 24.4. The standard InChI is InChI=1S/C19H17ClN6O5S/c20-16-6-1-2-7-18(16)25-13-17(21-22-25)19(27)23-8-10-24(11-9-23)32(30,31)15-5-3-4-14(12-15)26(28)29/h1-7,12-13H,8-11H2. The Hall–Kier alpha value is -3.35. The van der Waals surface area contributed by atoms with Crippen molar-refractivity contribution in [2.75, 3.05) is 26.2 Å². The minimum atomic E-state index is -3.92. The molecule has 1 aromatic heterocycles. The number of non-ortho nitro benzene ring substituents is 1. The summed E-state index contributed by atoms with van der Waals surface area (Å²) in [5, 5.41) is 19.3. The highest BCUT2D eigenvalue weighted by atomic mass is 35.5. The van der Waals surface area contributed by atoms with E-state index in [0.717, 1.165) is 6.07 Å². The number of piperazine rings is 1. The molecule has 0 bridgehead atoms. The summed E-state index contributed by atoms with van der Waals surface area (Å²) in [6.07, 6.45) is 1.47. The number of nitro groups is 1. The average molecular weight is 477 g/mol. The Balaban J connectivity index is 1.45. The highest BCUT2D eigenvalue weighted by Gasteiger charge is 2.32. The van der Waals surface area contributed by atoms with Crippen LogP contribution in [0.25, 0.3) is 5.69 Å². The van der Waals surface area contributed by atoms with Gasteiger partial charge in [-0.3, -0.25) is 14.9 Å². The third-order valence-corrected chi connectivity index (χ3v) is 7.22. The normalized spacial score (nSPS) is 15.0. The molecule has 4 rings (SSSR count). The predicted octanol–water partition coefficient (Wildman–Crippen LogP) is 1.98. The van der Waals surface area contributed by atoms with Crippen LogP contribution in [0.2, 0.25) is 5.02 Å². The second-order valence-electron chi connectivity index (χ2n) is 6.95. The molecule has 2 aromatic carbocycles. The van der Waals surface area contributed by atoms with Crippen LogP contribution < -0.4 is 0 Å². The molecule has 1 amide bonds. The van der Waals surface area contributed by atoms with Crippen molar-refractivity contribution in [3.63, 3.8) is 0 Å². The molecule has 0 N–H and O–H groups in total. The number of hydrogen-bond acceptors (Lipinski definition) is 7. The smallest absolute Gasteiger partial charge is 0.276 e. The molecule has 2 heterocycles. The van der Waals surface area contributed by atoms with Crippen LogP contribution in [0.4, 0.5) is 5.69 Å². The maximum Gasteiger partial charge on any atom is 0.276 e. The second kappa shape index (κ2) is 8.65. The van der Waals surface area contributed by atoms with Crippen LogP contribution in [0.15, 0.2) is 59.6 Å². The minimum Gasteiger partial charge on any atom is -0.335 e. The topological polar surface area (TPSA) is 132 Å². The third kappa shape index (κ3) is 4.20. The van der Waals surface area contributed by atoms with E-state index in [1.165, 1.54) is 38.3 Å². The number of rotatable bonds is 5. The van der Waals surface area contributed by atoms with Crippen molar-refractivity contribution >= 4 is 33.2 Å². The van der Waals surface area contributed by atoms with Crippen LogP contribution in [0.3, 0.4) is 0 Å². The van der Waals surface area contributed by atoms with Gasteiger partial charge in [-0.05, 0) is 18.2 Å². The zero-order valence-corrected chi connectivity index (χ0v) is 18.1. The molecule has 0 spiro atoms. The Bertz CT molecular complexity index is 1290. The van der Waals surface area contributed by atoms with Gasteiger partial charge >= 0.3 is 0 Å². The maximum atomic E-state index is 12.9. The van der Waals surface area contributed by atoms with E-state index in [1.54, 1.807) is 24.3 Å². The van der Waals surface area contributed by atoms with Crippen LogP contribution >= 0.6 is 11.6 Å². The SMILES string of the molecule is O=C(c1cn(-c2ccccc2Cl)nn1)N1CCN(S(=O)(=O)c2cccc([N+](=O)[O-])c2)CC1. The van der Waals surface area contributed by atoms with Gasteiger partial charge in [-0.25, -0.2) is 13.1 Å². The molecule has 0 saturated carbocycles. The van der Waals surface area contributed by atoms with E-state index >= 15 is 0 Å². The van der Waals surface area contributed by atoms with Crippen molar-refractivity contribution < 1.29 is 18.1 Å². The molecule has 3 aromatic rings. The van der Waals surface area contributed by atoms with Gasteiger partial charge in [0.05, 0.1) is 26.7 Å². The van der Waals surface area contributed by atoms with Crippen molar-refractivity contribution in [3.8, 4) is 5.69 Å². The summed E-state index contributed by atoms with van der Waals surface area (Å²) in [7, 11) is -3.92. The van der Waals surface area contributed by atoms with Gasteiger partial charge < -0.3 is 4.90 Å². The average Bonchev–Trinajstić information content (AvgIpc) is 3.29. The highest BCUT2D eigenvalue weighted by molar-refractivity contribution is 7.89. The first-order valence-electron chi connectivity index (χ1n) is 9.48. The summed E-state index contributed by atoms with van der Waals surface area (Å²) < 4.78 is 28.3. The van der Waals surface area contributed by atoms with Crippen LogP contribution in [-0.2, 0) is 10.0 Å². The summed E-state index contributed by atoms with van der Waals surface area (Å²) in [5.41, 5.74) is 0.384. The fraction of sp³-hybridized carbons (Fsp3) is 0.211. The van der Waals surface area contributed by atoms with E-state index in [2.05, 4.69) is 10.3 Å². The van der Waals surface area contributed by atoms with E-state index in [1.807, 2.05) is 0 Å². The molecule has 0 aliphatic carbocycles. The van der Waals surface area contributed by atoms with Gasteiger partial charge in [0, 0.05) is 38.3 Å². The Kier molecular flexibility index (Phi) is 5.91. The molecular weight excluding hydrogens is 460 g/mol. The first kappa shape index (κ1) is 21.9. The zero-order valence-electron chi connectivity index (χ0n) is 16.5. The molecule has 1 aliphatic heterocycles. The predicted molar refractivity (Wildman–Crippen MR) is 114 cm³/mol. The van der Waals surface area contributed by atoms with Crippen LogP contribution in [0.5, 0.6) is 0 Å². The lowest BCUT2D eigenvalue weighted by atomic mass is 10.3. The molecule has 1 aliphatic rings. The molecule has 0 atom stereocenters. The quantitative estimate of drug-likeness (QED) is 0.406. The summed E-state index contributed by atoms with van der Waals surface area (Å²) in [6, 6.07) is 11.9. The number of aromatic nitrogens is 3. The monoisotopic (exact) mass is 476 g/mol. The molecule has 1 saturated heterocycles. The molecule has 11 nitrogen and oxygen atoms in total. The Morgan fingerprint density at radius 3 is 2.47 bits per heavy atom. The first-order chi connectivity index (χ1) is 15.3. The Labute approximate surface area is 188 Å². The number of hydrogen-bond donors (Lipinski definition) is 0. The number of carbonyl (C=O) groups excluding carboxylic acids is 1. The molecule has 0 radical (unpaired) electrons. The number of nitrogens with zero attached hydrogens (tertiary/aromatic N) is 6. The number of amides is 1. The van der Waals surface area contributed by atoms with Gasteiger partial charge in [0.2, 0.25) is 10.0 Å². The van der Waals surface area contributed by atoms with Crippen LogP contribution in [0, 0.1) is 10.1 Å². The van der Waals surface area contributed by atoms with Crippen molar-refractivity contribution in [2.24, 2.45) is 0 Å². The highest BCUT2D eigenvalue weighted by Crippen LogP contribution is 2.23. The zero-order chi connectivity index (χ0) is 22.9.